The van der Waals surface area contributed by atoms with Crippen LogP contribution in [0.1, 0.15) is 22.3 Å². The van der Waals surface area contributed by atoms with Gasteiger partial charge in [0, 0.05) is 0 Å². The predicted octanol–water partition coefficient (Wildman–Crippen LogP) is 4.91. The molecule has 1 nitrogen and oxygen atoms in total. The molecule has 0 aliphatic heterocycles. The second-order valence-corrected chi connectivity index (χ2v) is 5.25. The number of halogens is 2. The molecule has 0 saturated carbocycles. The molecule has 18 heavy (non-hydrogen) atoms. The van der Waals surface area contributed by atoms with Gasteiger partial charge in [0.1, 0.15) is 5.75 Å². The summed E-state index contributed by atoms with van der Waals surface area (Å²) in [6.07, 6.45) is 0.733. The van der Waals surface area contributed by atoms with E-state index in [0.29, 0.717) is 15.8 Å². The quantitative estimate of drug-likeness (QED) is 0.829. The van der Waals surface area contributed by atoms with Crippen molar-refractivity contribution in [3.8, 4) is 5.75 Å². The molecule has 0 fully saturated rings. The zero-order valence-corrected chi connectivity index (χ0v) is 11.8. The highest BCUT2D eigenvalue weighted by Crippen LogP contribution is 2.28. The maximum Gasteiger partial charge on any atom is 0.121 e. The molecule has 0 radical (unpaired) electrons. The molecule has 0 aliphatic carbocycles. The molecular weight excluding hydrogens is 267 g/mol. The summed E-state index contributed by atoms with van der Waals surface area (Å²) in [6, 6.07) is 9.56. The van der Waals surface area contributed by atoms with E-state index in [2.05, 4.69) is 0 Å². The minimum Gasteiger partial charge on any atom is -0.507 e. The summed E-state index contributed by atoms with van der Waals surface area (Å²) in [5.41, 5.74) is 3.98. The van der Waals surface area contributed by atoms with Gasteiger partial charge in [-0.3, -0.25) is 0 Å². The molecule has 0 bridgehead atoms. The summed E-state index contributed by atoms with van der Waals surface area (Å²) in [7, 11) is 0. The highest BCUT2D eigenvalue weighted by atomic mass is 35.5. The van der Waals surface area contributed by atoms with Crippen molar-refractivity contribution in [3.63, 3.8) is 0 Å². The van der Waals surface area contributed by atoms with Gasteiger partial charge in [-0.1, -0.05) is 41.4 Å². The molecule has 3 heteroatoms. The summed E-state index contributed by atoms with van der Waals surface area (Å²) < 4.78 is 0. The van der Waals surface area contributed by atoms with E-state index in [0.717, 1.165) is 28.7 Å². The van der Waals surface area contributed by atoms with Crippen LogP contribution in [0.15, 0.2) is 30.3 Å². The van der Waals surface area contributed by atoms with Crippen molar-refractivity contribution in [2.24, 2.45) is 0 Å². The fourth-order valence-corrected chi connectivity index (χ4v) is 2.26. The summed E-state index contributed by atoms with van der Waals surface area (Å²) in [5, 5.41) is 11.0. The van der Waals surface area contributed by atoms with Crippen molar-refractivity contribution < 1.29 is 5.11 Å². The van der Waals surface area contributed by atoms with Crippen molar-refractivity contribution in [2.45, 2.75) is 20.3 Å². The van der Waals surface area contributed by atoms with Crippen LogP contribution in [0.5, 0.6) is 5.75 Å². The van der Waals surface area contributed by atoms with E-state index in [1.54, 1.807) is 6.07 Å². The number of hydrogen-bond acceptors (Lipinski definition) is 1. The van der Waals surface area contributed by atoms with Gasteiger partial charge in [0.15, 0.2) is 0 Å². The van der Waals surface area contributed by atoms with Crippen LogP contribution >= 0.6 is 23.2 Å². The van der Waals surface area contributed by atoms with E-state index in [1.165, 1.54) is 0 Å². The zero-order chi connectivity index (χ0) is 13.3. The van der Waals surface area contributed by atoms with Gasteiger partial charge in [-0.05, 0) is 54.7 Å². The summed E-state index contributed by atoms with van der Waals surface area (Å²) in [4.78, 5) is 0. The standard InChI is InChI=1S/C15H14Cl2O/c1-9-3-5-12(10(2)15(9)18)7-11-4-6-13(16)14(17)8-11/h3-6,8,18H,7H2,1-2H3. The van der Waals surface area contributed by atoms with Crippen LogP contribution in [0, 0.1) is 13.8 Å². The number of aromatic hydroxyl groups is 1. The van der Waals surface area contributed by atoms with Crippen LogP contribution in [0.2, 0.25) is 10.0 Å². The number of phenolic OH excluding ortho intramolecular Hbond substituents is 1. The lowest BCUT2D eigenvalue weighted by Crippen LogP contribution is -1.93. The van der Waals surface area contributed by atoms with E-state index in [-0.39, 0.29) is 0 Å². The van der Waals surface area contributed by atoms with Crippen LogP contribution in [0.3, 0.4) is 0 Å². The Morgan fingerprint density at radius 1 is 1.00 bits per heavy atom. The van der Waals surface area contributed by atoms with Crippen molar-refractivity contribution >= 4 is 23.2 Å². The molecule has 0 heterocycles. The van der Waals surface area contributed by atoms with Gasteiger partial charge in [0.25, 0.3) is 0 Å². The van der Waals surface area contributed by atoms with Crippen LogP contribution < -0.4 is 0 Å². The number of rotatable bonds is 2. The van der Waals surface area contributed by atoms with E-state index in [9.17, 15) is 5.11 Å². The molecule has 0 atom stereocenters. The SMILES string of the molecule is Cc1ccc(Cc2ccc(Cl)c(Cl)c2)c(C)c1O. The molecule has 0 amide bonds. The normalized spacial score (nSPS) is 10.7. The molecule has 2 aromatic rings. The van der Waals surface area contributed by atoms with E-state index in [4.69, 9.17) is 23.2 Å². The van der Waals surface area contributed by atoms with Gasteiger partial charge < -0.3 is 5.11 Å². The molecule has 94 valence electrons. The second kappa shape index (κ2) is 5.21. The van der Waals surface area contributed by atoms with Crippen LogP contribution in [0.25, 0.3) is 0 Å². The zero-order valence-electron chi connectivity index (χ0n) is 10.3. The topological polar surface area (TPSA) is 20.2 Å². The predicted molar refractivity (Wildman–Crippen MR) is 76.8 cm³/mol. The Labute approximate surface area is 117 Å². The smallest absolute Gasteiger partial charge is 0.121 e. The van der Waals surface area contributed by atoms with Gasteiger partial charge >= 0.3 is 0 Å². The van der Waals surface area contributed by atoms with Gasteiger partial charge in [-0.15, -0.1) is 0 Å². The molecule has 2 aromatic carbocycles. The van der Waals surface area contributed by atoms with Crippen molar-refractivity contribution in [1.29, 1.82) is 0 Å². The molecule has 0 saturated heterocycles. The second-order valence-electron chi connectivity index (χ2n) is 4.44. The van der Waals surface area contributed by atoms with Crippen molar-refractivity contribution in [2.75, 3.05) is 0 Å². The van der Waals surface area contributed by atoms with Gasteiger partial charge in [0.2, 0.25) is 0 Å². The first kappa shape index (κ1) is 13.3. The van der Waals surface area contributed by atoms with Crippen molar-refractivity contribution in [3.05, 3.63) is 62.6 Å². The van der Waals surface area contributed by atoms with Crippen LogP contribution in [-0.4, -0.2) is 5.11 Å². The monoisotopic (exact) mass is 280 g/mol. The largest absolute Gasteiger partial charge is 0.507 e. The molecule has 1 N–H and O–H groups in total. The average molecular weight is 281 g/mol. The van der Waals surface area contributed by atoms with E-state index < -0.39 is 0 Å². The first-order valence-electron chi connectivity index (χ1n) is 5.71. The highest BCUT2D eigenvalue weighted by molar-refractivity contribution is 6.42. The van der Waals surface area contributed by atoms with E-state index in [1.807, 2.05) is 38.1 Å². The van der Waals surface area contributed by atoms with Crippen LogP contribution in [-0.2, 0) is 6.42 Å². The van der Waals surface area contributed by atoms with E-state index >= 15 is 0 Å². The fourth-order valence-electron chi connectivity index (χ4n) is 1.94. The molecular formula is C15H14Cl2O. The number of benzene rings is 2. The Morgan fingerprint density at radius 3 is 2.39 bits per heavy atom. The lowest BCUT2D eigenvalue weighted by atomic mass is 9.98. The maximum absolute atomic E-state index is 9.92. The third kappa shape index (κ3) is 2.63. The summed E-state index contributed by atoms with van der Waals surface area (Å²) in [5.74, 6) is 0.368. The van der Waals surface area contributed by atoms with Crippen molar-refractivity contribution in [1.82, 2.24) is 0 Å². The lowest BCUT2D eigenvalue weighted by Gasteiger charge is -2.10. The minimum absolute atomic E-state index is 0.368. The first-order valence-corrected chi connectivity index (χ1v) is 6.46. The minimum atomic E-state index is 0.368. The van der Waals surface area contributed by atoms with Crippen LogP contribution in [0.4, 0.5) is 0 Å². The molecule has 0 aromatic heterocycles. The number of aryl methyl sites for hydroxylation is 1. The highest BCUT2D eigenvalue weighted by Gasteiger charge is 2.07. The Balaban J connectivity index is 2.34. The molecule has 0 unspecified atom stereocenters. The summed E-state index contributed by atoms with van der Waals surface area (Å²) in [6.45, 7) is 3.82. The first-order chi connectivity index (χ1) is 8.49. The lowest BCUT2D eigenvalue weighted by molar-refractivity contribution is 0.466. The van der Waals surface area contributed by atoms with Gasteiger partial charge in [-0.2, -0.15) is 0 Å². The average Bonchev–Trinajstić information content (AvgIpc) is 2.34. The number of hydrogen-bond donors (Lipinski definition) is 1. The fraction of sp³-hybridized carbons (Fsp3) is 0.200. The summed E-state index contributed by atoms with van der Waals surface area (Å²) >= 11 is 11.9. The number of phenols is 1. The Bertz CT molecular complexity index is 591. The Kier molecular flexibility index (Phi) is 3.84. The molecule has 0 aliphatic rings. The van der Waals surface area contributed by atoms with Gasteiger partial charge in [0.05, 0.1) is 10.0 Å². The molecule has 0 spiro atoms. The molecule has 2 rings (SSSR count). The maximum atomic E-state index is 9.92. The third-order valence-electron chi connectivity index (χ3n) is 3.12. The van der Waals surface area contributed by atoms with Gasteiger partial charge in [-0.25, -0.2) is 0 Å². The Morgan fingerprint density at radius 2 is 1.72 bits per heavy atom. The Hall–Kier alpha value is -1.18. The third-order valence-corrected chi connectivity index (χ3v) is 3.86.